The second kappa shape index (κ2) is 3.85. The van der Waals surface area contributed by atoms with Crippen molar-refractivity contribution in [1.29, 1.82) is 5.26 Å². The maximum absolute atomic E-state index is 10.1. The van der Waals surface area contributed by atoms with E-state index in [1.165, 1.54) is 45.4 Å². The molecule has 4 aliphatic rings. The normalized spacial score (nSPS) is 41.4. The first-order chi connectivity index (χ1) is 9.51. The highest BCUT2D eigenvalue weighted by Crippen LogP contribution is 2.58. The highest BCUT2D eigenvalue weighted by atomic mass is 16.3. The van der Waals surface area contributed by atoms with E-state index in [9.17, 15) is 5.11 Å². The zero-order valence-corrected chi connectivity index (χ0v) is 11.9. The molecule has 1 N–H and O–H groups in total. The van der Waals surface area contributed by atoms with E-state index in [1.807, 2.05) is 12.3 Å². The van der Waals surface area contributed by atoms with E-state index in [0.29, 0.717) is 5.56 Å². The Kier molecular flexibility index (Phi) is 2.39. The van der Waals surface area contributed by atoms with Crippen molar-refractivity contribution >= 4 is 0 Å². The fourth-order valence-corrected chi connectivity index (χ4v) is 5.24. The SMILES string of the molecule is CC(O)(C#N)c1cnn(C23CC4CC(CC(C4)C2)C3)c1. The summed E-state index contributed by atoms with van der Waals surface area (Å²) in [5.41, 5.74) is -0.644. The molecule has 1 aromatic rings. The highest BCUT2D eigenvalue weighted by molar-refractivity contribution is 5.23. The van der Waals surface area contributed by atoms with E-state index in [2.05, 4.69) is 9.78 Å². The van der Waals surface area contributed by atoms with Crippen molar-refractivity contribution in [3.63, 3.8) is 0 Å². The molecule has 4 fully saturated rings. The first kappa shape index (κ1) is 12.4. The molecule has 106 valence electrons. The van der Waals surface area contributed by atoms with Crippen LogP contribution >= 0.6 is 0 Å². The molecule has 1 heterocycles. The molecule has 0 aliphatic heterocycles. The summed E-state index contributed by atoms with van der Waals surface area (Å²) in [7, 11) is 0. The number of nitriles is 1. The molecule has 0 spiro atoms. The van der Waals surface area contributed by atoms with Gasteiger partial charge >= 0.3 is 0 Å². The van der Waals surface area contributed by atoms with Gasteiger partial charge in [0.15, 0.2) is 5.60 Å². The second-order valence-corrected chi connectivity index (χ2v) is 7.50. The monoisotopic (exact) mass is 271 g/mol. The van der Waals surface area contributed by atoms with Crippen molar-refractivity contribution in [3.05, 3.63) is 18.0 Å². The van der Waals surface area contributed by atoms with Gasteiger partial charge in [0.2, 0.25) is 0 Å². The molecule has 1 unspecified atom stereocenters. The molecule has 5 rings (SSSR count). The minimum Gasteiger partial charge on any atom is -0.372 e. The molecule has 0 saturated heterocycles. The van der Waals surface area contributed by atoms with E-state index >= 15 is 0 Å². The molecule has 4 heteroatoms. The third-order valence-corrected chi connectivity index (χ3v) is 5.85. The fraction of sp³-hybridized carbons (Fsp3) is 0.750. The summed E-state index contributed by atoms with van der Waals surface area (Å²) in [6, 6.07) is 1.95. The summed E-state index contributed by atoms with van der Waals surface area (Å²) in [6.07, 6.45) is 11.5. The van der Waals surface area contributed by atoms with Crippen LogP contribution < -0.4 is 0 Å². The van der Waals surface area contributed by atoms with Crippen LogP contribution in [0.2, 0.25) is 0 Å². The van der Waals surface area contributed by atoms with Gasteiger partial charge in [-0.2, -0.15) is 10.4 Å². The maximum atomic E-state index is 10.1. The molecule has 4 bridgehead atoms. The molecule has 4 saturated carbocycles. The van der Waals surface area contributed by atoms with Gasteiger partial charge in [-0.3, -0.25) is 4.68 Å². The van der Waals surface area contributed by atoms with Gasteiger partial charge in [-0.25, -0.2) is 0 Å². The number of rotatable bonds is 2. The second-order valence-electron chi connectivity index (χ2n) is 7.50. The number of aromatic nitrogens is 2. The summed E-state index contributed by atoms with van der Waals surface area (Å²) in [4.78, 5) is 0. The molecule has 0 radical (unpaired) electrons. The Morgan fingerprint density at radius 1 is 1.30 bits per heavy atom. The molecular formula is C16H21N3O. The lowest BCUT2D eigenvalue weighted by Gasteiger charge is -2.56. The van der Waals surface area contributed by atoms with Crippen molar-refractivity contribution < 1.29 is 5.11 Å². The maximum Gasteiger partial charge on any atom is 0.176 e. The van der Waals surface area contributed by atoms with Gasteiger partial charge in [0.05, 0.1) is 11.7 Å². The van der Waals surface area contributed by atoms with Gasteiger partial charge in [-0.15, -0.1) is 0 Å². The first-order valence-electron chi connectivity index (χ1n) is 7.70. The average molecular weight is 271 g/mol. The van der Waals surface area contributed by atoms with Gasteiger partial charge in [0.25, 0.3) is 0 Å². The van der Waals surface area contributed by atoms with Crippen molar-refractivity contribution in [2.24, 2.45) is 17.8 Å². The summed E-state index contributed by atoms with van der Waals surface area (Å²) >= 11 is 0. The Balaban J connectivity index is 1.70. The van der Waals surface area contributed by atoms with Crippen molar-refractivity contribution in [1.82, 2.24) is 9.78 Å². The molecule has 4 nitrogen and oxygen atoms in total. The van der Waals surface area contributed by atoms with Gasteiger partial charge < -0.3 is 5.11 Å². The minimum atomic E-state index is -1.43. The lowest BCUT2D eigenvalue weighted by atomic mass is 9.53. The number of nitrogens with zero attached hydrogens (tertiary/aromatic N) is 3. The van der Waals surface area contributed by atoms with E-state index in [-0.39, 0.29) is 5.54 Å². The zero-order chi connectivity index (χ0) is 14.0. The van der Waals surface area contributed by atoms with Crippen LogP contribution in [0.1, 0.15) is 51.0 Å². The van der Waals surface area contributed by atoms with Crippen molar-refractivity contribution in [2.45, 2.75) is 56.6 Å². The van der Waals surface area contributed by atoms with Crippen molar-refractivity contribution in [3.8, 4) is 6.07 Å². The number of aliphatic hydroxyl groups is 1. The molecular weight excluding hydrogens is 250 g/mol. The van der Waals surface area contributed by atoms with E-state index in [1.54, 1.807) is 6.20 Å². The molecule has 0 aromatic carbocycles. The minimum absolute atomic E-state index is 0.165. The van der Waals surface area contributed by atoms with E-state index in [0.717, 1.165) is 17.8 Å². The van der Waals surface area contributed by atoms with E-state index in [4.69, 9.17) is 5.26 Å². The van der Waals surface area contributed by atoms with Gasteiger partial charge in [-0.1, -0.05) is 0 Å². The van der Waals surface area contributed by atoms with E-state index < -0.39 is 5.60 Å². The molecule has 4 aliphatic carbocycles. The van der Waals surface area contributed by atoms with Crippen LogP contribution in [0.25, 0.3) is 0 Å². The van der Waals surface area contributed by atoms with Gasteiger partial charge in [0.1, 0.15) is 6.07 Å². The molecule has 1 atom stereocenters. The molecule has 0 amide bonds. The Morgan fingerprint density at radius 3 is 2.35 bits per heavy atom. The summed E-state index contributed by atoms with van der Waals surface area (Å²) < 4.78 is 2.08. The predicted molar refractivity (Wildman–Crippen MR) is 73.6 cm³/mol. The van der Waals surface area contributed by atoms with Crippen molar-refractivity contribution in [2.75, 3.05) is 0 Å². The Morgan fingerprint density at radius 2 is 1.85 bits per heavy atom. The third kappa shape index (κ3) is 1.66. The quantitative estimate of drug-likeness (QED) is 0.841. The summed E-state index contributed by atoms with van der Waals surface area (Å²) in [5, 5.41) is 23.7. The number of hydrogen-bond donors (Lipinski definition) is 1. The largest absolute Gasteiger partial charge is 0.372 e. The smallest absolute Gasteiger partial charge is 0.176 e. The highest BCUT2D eigenvalue weighted by Gasteiger charge is 2.52. The standard InChI is InChI=1S/C16H21N3O/c1-15(20,10-17)14-8-18-19(9-14)16-5-11-2-12(6-16)4-13(3-11)7-16/h8-9,11-13,20H,2-7H2,1H3. The predicted octanol–water partition coefficient (Wildman–Crippen LogP) is 2.54. The Hall–Kier alpha value is -1.34. The fourth-order valence-electron chi connectivity index (χ4n) is 5.24. The Bertz CT molecular complexity index is 546. The first-order valence-corrected chi connectivity index (χ1v) is 7.70. The van der Waals surface area contributed by atoms with Crippen LogP contribution in [0.15, 0.2) is 12.4 Å². The average Bonchev–Trinajstić information content (AvgIpc) is 2.88. The van der Waals surface area contributed by atoms with Crippen LogP contribution in [-0.2, 0) is 11.1 Å². The van der Waals surface area contributed by atoms with Crippen LogP contribution in [0.5, 0.6) is 0 Å². The Labute approximate surface area is 119 Å². The number of hydrogen-bond acceptors (Lipinski definition) is 3. The van der Waals surface area contributed by atoms with Gasteiger partial charge in [-0.05, 0) is 63.2 Å². The molecule has 20 heavy (non-hydrogen) atoms. The van der Waals surface area contributed by atoms with Crippen LogP contribution in [0.4, 0.5) is 0 Å². The summed E-state index contributed by atoms with van der Waals surface area (Å²) in [6.45, 7) is 1.54. The van der Waals surface area contributed by atoms with Crippen LogP contribution in [0.3, 0.4) is 0 Å². The topological polar surface area (TPSA) is 61.8 Å². The lowest BCUT2D eigenvalue weighted by molar-refractivity contribution is -0.0495. The van der Waals surface area contributed by atoms with Gasteiger partial charge in [0, 0.05) is 11.8 Å². The third-order valence-electron chi connectivity index (χ3n) is 5.85. The lowest BCUT2D eigenvalue weighted by Crippen LogP contribution is -2.52. The zero-order valence-electron chi connectivity index (χ0n) is 11.9. The van der Waals surface area contributed by atoms with Crippen LogP contribution in [0, 0.1) is 29.1 Å². The van der Waals surface area contributed by atoms with Crippen LogP contribution in [-0.4, -0.2) is 14.9 Å². The molecule has 1 aromatic heterocycles. The summed E-state index contributed by atoms with van der Waals surface area (Å²) in [5.74, 6) is 2.60.